The van der Waals surface area contributed by atoms with Crippen molar-refractivity contribution in [1.29, 1.82) is 0 Å². The van der Waals surface area contributed by atoms with Crippen LogP contribution in [0.1, 0.15) is 70.6 Å². The average molecular weight is 424 g/mol. The Morgan fingerprint density at radius 2 is 1.93 bits per heavy atom. The standard InChI is InChI=1S/C25H33N3OS/c1-5-18(3)27-23(6-2)25(29)28(22-10-8-7-9-11-22)16-20-12-14-21(15-13-20)24-19(4)26-17-30-24/h6,12-15,17,22H,5,7-11,16H2,1-4H3/b23-6-,27-18+. The molecule has 0 aliphatic heterocycles. The maximum absolute atomic E-state index is 13.5. The van der Waals surface area contributed by atoms with Crippen molar-refractivity contribution in [3.05, 3.63) is 52.8 Å². The minimum absolute atomic E-state index is 0.0552. The average Bonchev–Trinajstić information content (AvgIpc) is 3.22. The van der Waals surface area contributed by atoms with Crippen LogP contribution in [-0.2, 0) is 11.3 Å². The lowest BCUT2D eigenvalue weighted by Crippen LogP contribution is -2.41. The number of hydrogen-bond acceptors (Lipinski definition) is 4. The second-order valence-electron chi connectivity index (χ2n) is 8.06. The number of carbonyl (C=O) groups excluding carboxylic acids is 1. The van der Waals surface area contributed by atoms with Gasteiger partial charge in [0.05, 0.1) is 16.1 Å². The van der Waals surface area contributed by atoms with Crippen LogP contribution < -0.4 is 0 Å². The highest BCUT2D eigenvalue weighted by atomic mass is 32.1. The van der Waals surface area contributed by atoms with Crippen LogP contribution in [0.15, 0.2) is 46.5 Å². The molecule has 0 N–H and O–H groups in total. The molecule has 4 nitrogen and oxygen atoms in total. The normalized spacial score (nSPS) is 16.0. The van der Waals surface area contributed by atoms with E-state index in [-0.39, 0.29) is 5.91 Å². The Labute approximate surface area is 184 Å². The third kappa shape index (κ3) is 5.45. The minimum atomic E-state index is 0.0552. The molecule has 1 aromatic carbocycles. The molecule has 0 atom stereocenters. The van der Waals surface area contributed by atoms with Crippen molar-refractivity contribution in [3.63, 3.8) is 0 Å². The Kier molecular flexibility index (Phi) is 7.97. The maximum atomic E-state index is 13.5. The topological polar surface area (TPSA) is 45.6 Å². The van der Waals surface area contributed by atoms with Crippen molar-refractivity contribution in [2.75, 3.05) is 0 Å². The van der Waals surface area contributed by atoms with Gasteiger partial charge < -0.3 is 4.90 Å². The molecule has 0 saturated heterocycles. The minimum Gasteiger partial charge on any atom is -0.330 e. The Morgan fingerprint density at radius 1 is 1.23 bits per heavy atom. The molecular weight excluding hydrogens is 390 g/mol. The van der Waals surface area contributed by atoms with E-state index in [2.05, 4.69) is 46.1 Å². The van der Waals surface area contributed by atoms with Crippen molar-refractivity contribution in [2.45, 2.75) is 78.8 Å². The number of allylic oxidation sites excluding steroid dienone is 1. The number of carbonyl (C=O) groups is 1. The zero-order valence-electron chi connectivity index (χ0n) is 18.6. The first-order chi connectivity index (χ1) is 14.5. The number of aliphatic imine (C=N–C) groups is 1. The van der Waals surface area contributed by atoms with E-state index in [9.17, 15) is 4.79 Å². The third-order valence-electron chi connectivity index (χ3n) is 5.91. The van der Waals surface area contributed by atoms with Gasteiger partial charge in [-0.3, -0.25) is 9.79 Å². The van der Waals surface area contributed by atoms with Gasteiger partial charge in [-0.1, -0.05) is 56.5 Å². The molecule has 1 heterocycles. The Bertz CT molecular complexity index is 905. The molecule has 1 aliphatic rings. The van der Waals surface area contributed by atoms with E-state index < -0.39 is 0 Å². The van der Waals surface area contributed by atoms with E-state index in [0.717, 1.165) is 36.2 Å². The van der Waals surface area contributed by atoms with Gasteiger partial charge in [0.25, 0.3) is 5.91 Å². The van der Waals surface area contributed by atoms with Gasteiger partial charge >= 0.3 is 0 Å². The van der Waals surface area contributed by atoms with Gasteiger partial charge in [0.2, 0.25) is 0 Å². The molecular formula is C25H33N3OS. The van der Waals surface area contributed by atoms with Gasteiger partial charge in [-0.05, 0) is 51.2 Å². The van der Waals surface area contributed by atoms with Gasteiger partial charge in [0.15, 0.2) is 0 Å². The summed E-state index contributed by atoms with van der Waals surface area (Å²) in [6.45, 7) is 8.64. The number of rotatable bonds is 7. The monoisotopic (exact) mass is 423 g/mol. The van der Waals surface area contributed by atoms with Gasteiger partial charge in [-0.25, -0.2) is 4.98 Å². The van der Waals surface area contributed by atoms with Crippen LogP contribution in [0.5, 0.6) is 0 Å². The lowest BCUT2D eigenvalue weighted by atomic mass is 9.93. The van der Waals surface area contributed by atoms with Crippen molar-refractivity contribution < 1.29 is 4.79 Å². The summed E-state index contributed by atoms with van der Waals surface area (Å²) in [4.78, 5) is 25.7. The molecule has 160 valence electrons. The Morgan fingerprint density at radius 3 is 2.50 bits per heavy atom. The quantitative estimate of drug-likeness (QED) is 0.374. The van der Waals surface area contributed by atoms with Crippen LogP contribution in [0.25, 0.3) is 10.4 Å². The van der Waals surface area contributed by atoms with Crippen molar-refractivity contribution in [1.82, 2.24) is 9.88 Å². The molecule has 1 saturated carbocycles. The van der Waals surface area contributed by atoms with Crippen LogP contribution in [0.3, 0.4) is 0 Å². The number of thiazole rings is 1. The molecule has 30 heavy (non-hydrogen) atoms. The first-order valence-corrected chi connectivity index (χ1v) is 11.9. The lowest BCUT2D eigenvalue weighted by molar-refractivity contribution is -0.130. The molecule has 1 fully saturated rings. The molecule has 0 unspecified atom stereocenters. The smallest absolute Gasteiger partial charge is 0.272 e. The summed E-state index contributed by atoms with van der Waals surface area (Å²) in [6.07, 6.45) is 8.53. The third-order valence-corrected chi connectivity index (χ3v) is 6.88. The summed E-state index contributed by atoms with van der Waals surface area (Å²) in [6, 6.07) is 8.88. The fourth-order valence-corrected chi connectivity index (χ4v) is 4.78. The molecule has 3 rings (SSSR count). The number of nitrogens with zero attached hydrogens (tertiary/aromatic N) is 3. The number of hydrogen-bond donors (Lipinski definition) is 0. The van der Waals surface area contributed by atoms with E-state index in [0.29, 0.717) is 18.3 Å². The second-order valence-corrected chi connectivity index (χ2v) is 8.92. The number of aryl methyl sites for hydroxylation is 1. The fraction of sp³-hybridized carbons (Fsp3) is 0.480. The van der Waals surface area contributed by atoms with E-state index in [4.69, 9.17) is 0 Å². The molecule has 0 radical (unpaired) electrons. The van der Waals surface area contributed by atoms with Crippen LogP contribution in [0, 0.1) is 6.92 Å². The highest BCUT2D eigenvalue weighted by Gasteiger charge is 2.27. The predicted molar refractivity (Wildman–Crippen MR) is 127 cm³/mol. The fourth-order valence-electron chi connectivity index (χ4n) is 3.96. The van der Waals surface area contributed by atoms with E-state index in [1.54, 1.807) is 11.3 Å². The van der Waals surface area contributed by atoms with Crippen LogP contribution >= 0.6 is 11.3 Å². The Balaban J connectivity index is 1.84. The first-order valence-electron chi connectivity index (χ1n) is 11.0. The largest absolute Gasteiger partial charge is 0.330 e. The lowest BCUT2D eigenvalue weighted by Gasteiger charge is -2.34. The zero-order chi connectivity index (χ0) is 21.5. The zero-order valence-corrected chi connectivity index (χ0v) is 19.5. The van der Waals surface area contributed by atoms with Crippen LogP contribution in [-0.4, -0.2) is 27.5 Å². The molecule has 2 aromatic rings. The molecule has 0 bridgehead atoms. The van der Waals surface area contributed by atoms with Crippen LogP contribution in [0.2, 0.25) is 0 Å². The van der Waals surface area contributed by atoms with Crippen molar-refractivity contribution >= 4 is 23.0 Å². The molecule has 5 heteroatoms. The van der Waals surface area contributed by atoms with E-state index >= 15 is 0 Å². The number of aromatic nitrogens is 1. The molecule has 1 aliphatic carbocycles. The highest BCUT2D eigenvalue weighted by Crippen LogP contribution is 2.29. The van der Waals surface area contributed by atoms with E-state index in [1.165, 1.54) is 29.7 Å². The van der Waals surface area contributed by atoms with Gasteiger partial charge in [-0.15, -0.1) is 11.3 Å². The Hall–Kier alpha value is -2.27. The van der Waals surface area contributed by atoms with Gasteiger partial charge in [-0.2, -0.15) is 0 Å². The summed E-state index contributed by atoms with van der Waals surface area (Å²) < 4.78 is 0. The summed E-state index contributed by atoms with van der Waals surface area (Å²) >= 11 is 1.67. The SMILES string of the molecule is C/C=C(\N=C(/C)CC)C(=O)N(Cc1ccc(-c2scnc2C)cc1)C1CCCCC1. The summed E-state index contributed by atoms with van der Waals surface area (Å²) in [5, 5.41) is 0. The first kappa shape index (κ1) is 22.4. The second kappa shape index (κ2) is 10.7. The van der Waals surface area contributed by atoms with Gasteiger partial charge in [0, 0.05) is 18.3 Å². The maximum Gasteiger partial charge on any atom is 0.272 e. The predicted octanol–water partition coefficient (Wildman–Crippen LogP) is 6.55. The summed E-state index contributed by atoms with van der Waals surface area (Å²) in [5.41, 5.74) is 6.85. The number of benzene rings is 1. The molecule has 0 spiro atoms. The van der Waals surface area contributed by atoms with Crippen LogP contribution in [0.4, 0.5) is 0 Å². The molecule has 1 amide bonds. The van der Waals surface area contributed by atoms with Crippen molar-refractivity contribution in [2.24, 2.45) is 4.99 Å². The van der Waals surface area contributed by atoms with Gasteiger partial charge in [0.1, 0.15) is 5.70 Å². The van der Waals surface area contributed by atoms with Crippen molar-refractivity contribution in [3.8, 4) is 10.4 Å². The van der Waals surface area contributed by atoms with E-state index in [1.807, 2.05) is 32.4 Å². The summed E-state index contributed by atoms with van der Waals surface area (Å²) in [5.74, 6) is 0.0552. The molecule has 1 aromatic heterocycles. The number of amides is 1. The highest BCUT2D eigenvalue weighted by molar-refractivity contribution is 7.13. The summed E-state index contributed by atoms with van der Waals surface area (Å²) in [7, 11) is 0.